The monoisotopic (exact) mass is 377 g/mol. The Labute approximate surface area is 159 Å². The molecule has 26 heavy (non-hydrogen) atoms. The van der Waals surface area contributed by atoms with E-state index in [4.69, 9.17) is 0 Å². The summed E-state index contributed by atoms with van der Waals surface area (Å²) in [6.45, 7) is 0. The maximum Gasteiger partial charge on any atom is 0.271 e. The van der Waals surface area contributed by atoms with Crippen molar-refractivity contribution < 1.29 is 4.79 Å². The van der Waals surface area contributed by atoms with Crippen molar-refractivity contribution in [2.75, 3.05) is 0 Å². The molecule has 0 aliphatic carbocycles. The molecule has 1 unspecified atom stereocenters. The predicted octanol–water partition coefficient (Wildman–Crippen LogP) is 4.79. The minimum absolute atomic E-state index is 0.185. The zero-order valence-corrected chi connectivity index (χ0v) is 15.3. The summed E-state index contributed by atoms with van der Waals surface area (Å²) in [4.78, 5) is 22.4. The number of thiophene rings is 1. The fraction of sp³-hybridized carbons (Fsp3) is 0.0500. The van der Waals surface area contributed by atoms with Gasteiger partial charge in [-0.25, -0.2) is 4.98 Å². The molecule has 0 fully saturated rings. The fourth-order valence-corrected chi connectivity index (χ4v) is 4.27. The molecule has 6 heteroatoms. The molecule has 1 N–H and O–H groups in total. The predicted molar refractivity (Wildman–Crippen MR) is 105 cm³/mol. The molecule has 4 rings (SSSR count). The van der Waals surface area contributed by atoms with Crippen LogP contribution in [0.1, 0.15) is 27.7 Å². The molecule has 0 saturated heterocycles. The first-order valence-electron chi connectivity index (χ1n) is 8.06. The smallest absolute Gasteiger partial charge is 0.271 e. The highest BCUT2D eigenvalue weighted by Crippen LogP contribution is 2.28. The lowest BCUT2D eigenvalue weighted by Gasteiger charge is -2.19. The number of rotatable bonds is 5. The minimum atomic E-state index is -0.251. The van der Waals surface area contributed by atoms with E-state index in [2.05, 4.69) is 15.3 Å². The average Bonchev–Trinajstić information content (AvgIpc) is 3.39. The van der Waals surface area contributed by atoms with Crippen molar-refractivity contribution in [1.82, 2.24) is 15.3 Å². The Kier molecular flexibility index (Phi) is 4.86. The Morgan fingerprint density at radius 1 is 0.923 bits per heavy atom. The maximum atomic E-state index is 12.8. The molecule has 1 atom stereocenters. The van der Waals surface area contributed by atoms with Gasteiger partial charge in [-0.15, -0.1) is 22.7 Å². The lowest BCUT2D eigenvalue weighted by atomic mass is 9.99. The number of hydrogen-bond acceptors (Lipinski definition) is 5. The largest absolute Gasteiger partial charge is 0.340 e. The minimum Gasteiger partial charge on any atom is -0.340 e. The lowest BCUT2D eigenvalue weighted by Crippen LogP contribution is -2.29. The van der Waals surface area contributed by atoms with Crippen LogP contribution in [0.2, 0.25) is 0 Å². The Bertz CT molecular complexity index is 943. The number of pyridine rings is 1. The van der Waals surface area contributed by atoms with Gasteiger partial charge in [0.1, 0.15) is 10.7 Å². The first kappa shape index (κ1) is 16.6. The summed E-state index contributed by atoms with van der Waals surface area (Å²) >= 11 is 3.10. The van der Waals surface area contributed by atoms with Crippen LogP contribution in [0.5, 0.6) is 0 Å². The van der Waals surface area contributed by atoms with Crippen LogP contribution in [-0.4, -0.2) is 15.9 Å². The van der Waals surface area contributed by atoms with Crippen LogP contribution >= 0.6 is 22.7 Å². The number of thiazole rings is 1. The van der Waals surface area contributed by atoms with Gasteiger partial charge in [0.05, 0.1) is 10.9 Å². The molecule has 0 saturated carbocycles. The Morgan fingerprint density at radius 2 is 1.69 bits per heavy atom. The molecule has 1 amide bonds. The van der Waals surface area contributed by atoms with Gasteiger partial charge in [-0.1, -0.05) is 36.4 Å². The van der Waals surface area contributed by atoms with Crippen LogP contribution in [0.15, 0.2) is 77.8 Å². The topological polar surface area (TPSA) is 54.9 Å². The summed E-state index contributed by atoms with van der Waals surface area (Å²) in [5.41, 5.74) is 2.43. The normalized spacial score (nSPS) is 11.8. The fourth-order valence-electron chi connectivity index (χ4n) is 2.66. The molecule has 1 aromatic carbocycles. The van der Waals surface area contributed by atoms with E-state index in [0.717, 1.165) is 21.0 Å². The number of amides is 1. The van der Waals surface area contributed by atoms with Crippen molar-refractivity contribution >= 4 is 28.6 Å². The highest BCUT2D eigenvalue weighted by molar-refractivity contribution is 7.20. The summed E-state index contributed by atoms with van der Waals surface area (Å²) < 4.78 is 0. The Hall–Kier alpha value is -2.83. The van der Waals surface area contributed by atoms with Crippen LogP contribution in [-0.2, 0) is 0 Å². The molecular weight excluding hydrogens is 362 g/mol. The zero-order chi connectivity index (χ0) is 17.8. The number of nitrogens with zero attached hydrogens (tertiary/aromatic N) is 2. The van der Waals surface area contributed by atoms with E-state index in [9.17, 15) is 4.79 Å². The summed E-state index contributed by atoms with van der Waals surface area (Å²) in [5, 5.41) is 7.78. The van der Waals surface area contributed by atoms with Gasteiger partial charge in [-0.05, 0) is 34.7 Å². The van der Waals surface area contributed by atoms with E-state index < -0.39 is 0 Å². The molecule has 0 spiro atoms. The SMILES string of the molecule is O=C(NC(c1ccccc1)c1ccncc1)c1csc(-c2cccs2)n1. The van der Waals surface area contributed by atoms with Gasteiger partial charge in [0.15, 0.2) is 0 Å². The van der Waals surface area contributed by atoms with Crippen molar-refractivity contribution in [3.63, 3.8) is 0 Å². The molecule has 0 aliphatic heterocycles. The van der Waals surface area contributed by atoms with E-state index in [1.165, 1.54) is 11.3 Å². The summed E-state index contributed by atoms with van der Waals surface area (Å²) in [6.07, 6.45) is 3.46. The van der Waals surface area contributed by atoms with Crippen molar-refractivity contribution in [2.24, 2.45) is 0 Å². The van der Waals surface area contributed by atoms with Gasteiger partial charge in [-0.2, -0.15) is 0 Å². The third-order valence-electron chi connectivity index (χ3n) is 3.92. The van der Waals surface area contributed by atoms with Crippen LogP contribution in [0.3, 0.4) is 0 Å². The van der Waals surface area contributed by atoms with E-state index in [1.807, 2.05) is 60.0 Å². The van der Waals surface area contributed by atoms with Gasteiger partial charge >= 0.3 is 0 Å². The van der Waals surface area contributed by atoms with Gasteiger partial charge in [-0.3, -0.25) is 9.78 Å². The van der Waals surface area contributed by atoms with Crippen LogP contribution in [0.4, 0.5) is 0 Å². The van der Waals surface area contributed by atoms with Crippen molar-refractivity contribution in [2.45, 2.75) is 6.04 Å². The number of aromatic nitrogens is 2. The van der Waals surface area contributed by atoms with Crippen molar-refractivity contribution in [3.8, 4) is 9.88 Å². The van der Waals surface area contributed by atoms with Gasteiger partial charge in [0, 0.05) is 17.8 Å². The van der Waals surface area contributed by atoms with Crippen molar-refractivity contribution in [3.05, 3.63) is 94.6 Å². The van der Waals surface area contributed by atoms with Crippen molar-refractivity contribution in [1.29, 1.82) is 0 Å². The van der Waals surface area contributed by atoms with E-state index in [0.29, 0.717) is 5.69 Å². The second-order valence-corrected chi connectivity index (χ2v) is 7.42. The van der Waals surface area contributed by atoms with Gasteiger partial charge in [0.25, 0.3) is 5.91 Å². The Balaban J connectivity index is 1.61. The van der Waals surface area contributed by atoms with Gasteiger partial charge in [0.2, 0.25) is 0 Å². The molecule has 128 valence electrons. The second kappa shape index (κ2) is 7.59. The van der Waals surface area contributed by atoms with Crippen LogP contribution < -0.4 is 5.32 Å². The van der Waals surface area contributed by atoms with E-state index in [1.54, 1.807) is 29.1 Å². The molecule has 0 bridgehead atoms. The first-order valence-corrected chi connectivity index (χ1v) is 9.82. The molecule has 0 radical (unpaired) electrons. The highest BCUT2D eigenvalue weighted by Gasteiger charge is 2.19. The Morgan fingerprint density at radius 3 is 2.42 bits per heavy atom. The quantitative estimate of drug-likeness (QED) is 0.544. The van der Waals surface area contributed by atoms with Gasteiger partial charge < -0.3 is 5.32 Å². The molecule has 3 aromatic heterocycles. The second-order valence-electron chi connectivity index (χ2n) is 5.61. The summed E-state index contributed by atoms with van der Waals surface area (Å²) in [7, 11) is 0. The standard InChI is InChI=1S/C20H15N3OS2/c24-19(16-13-26-20(22-16)17-7-4-12-25-17)23-18(14-5-2-1-3-6-14)15-8-10-21-11-9-15/h1-13,18H,(H,23,24). The molecule has 4 nitrogen and oxygen atoms in total. The zero-order valence-electron chi connectivity index (χ0n) is 13.7. The maximum absolute atomic E-state index is 12.8. The number of carbonyl (C=O) groups is 1. The van der Waals surface area contributed by atoms with E-state index in [-0.39, 0.29) is 11.9 Å². The number of hydrogen-bond donors (Lipinski definition) is 1. The van der Waals surface area contributed by atoms with Crippen LogP contribution in [0.25, 0.3) is 9.88 Å². The number of carbonyl (C=O) groups excluding carboxylic acids is 1. The van der Waals surface area contributed by atoms with Crippen LogP contribution in [0, 0.1) is 0 Å². The first-order chi connectivity index (χ1) is 12.8. The lowest BCUT2D eigenvalue weighted by molar-refractivity contribution is 0.0938. The average molecular weight is 377 g/mol. The number of nitrogens with one attached hydrogen (secondary N) is 1. The third-order valence-corrected chi connectivity index (χ3v) is 5.80. The third kappa shape index (κ3) is 3.56. The highest BCUT2D eigenvalue weighted by atomic mass is 32.1. The van der Waals surface area contributed by atoms with E-state index >= 15 is 0 Å². The molecule has 3 heterocycles. The molecule has 4 aromatic rings. The summed E-state index contributed by atoms with van der Waals surface area (Å²) in [5.74, 6) is -0.185. The number of benzene rings is 1. The summed E-state index contributed by atoms with van der Waals surface area (Å²) in [6, 6.07) is 17.5. The molecular formula is C20H15N3OS2. The molecule has 0 aliphatic rings.